The minimum atomic E-state index is -0.404. The van der Waals surface area contributed by atoms with Gasteiger partial charge < -0.3 is 14.2 Å². The zero-order valence-corrected chi connectivity index (χ0v) is 15.5. The lowest BCUT2D eigenvalue weighted by molar-refractivity contribution is -0.226. The molecular weight excluding hydrogens is 340 g/mol. The SMILES string of the molecule is O=C(O[C@@H]1[C@@H]2OC[C@H](CC13Cc1ccccc1C3)O2)[C@@H]1C[C@@H]2C=C[C@H]1CC2. The van der Waals surface area contributed by atoms with Gasteiger partial charge in [-0.05, 0) is 61.5 Å². The Kier molecular flexibility index (Phi) is 3.58. The standard InChI is InChI=1S/C23H26O4/c24-21(19-9-14-5-7-15(19)8-6-14)27-20-22-25-13-18(26-22)12-23(20)10-16-3-1-2-4-17(16)11-23/h1-5,7,14-15,18-20,22H,6,8-13H2/t14-,15+,18+,19-,20-,22-/m1/s1. The first-order valence-corrected chi connectivity index (χ1v) is 10.4. The minimum absolute atomic E-state index is 0.00806. The number of esters is 1. The van der Waals surface area contributed by atoms with E-state index in [1.165, 1.54) is 17.5 Å². The Morgan fingerprint density at radius 1 is 1.11 bits per heavy atom. The lowest BCUT2D eigenvalue weighted by atomic mass is 9.69. The molecule has 4 nitrogen and oxygen atoms in total. The summed E-state index contributed by atoms with van der Waals surface area (Å²) in [6.45, 7) is 0.619. The molecule has 1 aromatic rings. The third-order valence-electron chi connectivity index (χ3n) is 7.58. The summed E-state index contributed by atoms with van der Waals surface area (Å²) < 4.78 is 18.2. The molecule has 0 unspecified atom stereocenters. The van der Waals surface area contributed by atoms with Gasteiger partial charge in [0.15, 0.2) is 12.4 Å². The van der Waals surface area contributed by atoms with Crippen LogP contribution in [0, 0.1) is 23.2 Å². The highest BCUT2D eigenvalue weighted by Gasteiger charge is 2.58. The Morgan fingerprint density at radius 3 is 2.59 bits per heavy atom. The molecule has 4 heteroatoms. The van der Waals surface area contributed by atoms with Gasteiger partial charge in [0, 0.05) is 5.41 Å². The molecule has 7 rings (SSSR count). The molecule has 142 valence electrons. The van der Waals surface area contributed by atoms with Gasteiger partial charge in [-0.2, -0.15) is 0 Å². The summed E-state index contributed by atoms with van der Waals surface area (Å²) in [5.41, 5.74) is 2.70. The lowest BCUT2D eigenvalue weighted by Crippen LogP contribution is -2.53. The van der Waals surface area contributed by atoms with Crippen molar-refractivity contribution in [2.24, 2.45) is 23.2 Å². The molecule has 2 heterocycles. The van der Waals surface area contributed by atoms with Crippen LogP contribution >= 0.6 is 0 Å². The van der Waals surface area contributed by atoms with E-state index in [9.17, 15) is 4.79 Å². The second-order valence-electron chi connectivity index (χ2n) is 9.23. The molecule has 0 radical (unpaired) electrons. The number of carbonyl (C=O) groups excluding carboxylic acids is 1. The van der Waals surface area contributed by atoms with Crippen molar-refractivity contribution in [1.82, 2.24) is 0 Å². The van der Waals surface area contributed by atoms with E-state index in [1.807, 2.05) is 0 Å². The van der Waals surface area contributed by atoms with E-state index in [0.29, 0.717) is 18.4 Å². The molecule has 0 N–H and O–H groups in total. The highest BCUT2D eigenvalue weighted by molar-refractivity contribution is 5.74. The fourth-order valence-corrected chi connectivity index (χ4v) is 6.26. The number of ether oxygens (including phenoxy) is 3. The number of hydrogen-bond acceptors (Lipinski definition) is 4. The number of fused-ring (bicyclic) bond motifs is 5. The predicted molar refractivity (Wildman–Crippen MR) is 98.9 cm³/mol. The minimum Gasteiger partial charge on any atom is -0.456 e. The van der Waals surface area contributed by atoms with Crippen LogP contribution in [0.1, 0.15) is 36.8 Å². The molecule has 4 bridgehead atoms. The van der Waals surface area contributed by atoms with E-state index in [1.54, 1.807) is 0 Å². The molecule has 2 saturated heterocycles. The summed E-state index contributed by atoms with van der Waals surface area (Å²) in [6.07, 6.45) is 10.0. The van der Waals surface area contributed by atoms with Crippen molar-refractivity contribution in [1.29, 1.82) is 0 Å². The summed E-state index contributed by atoms with van der Waals surface area (Å²) in [7, 11) is 0. The Morgan fingerprint density at radius 2 is 1.93 bits per heavy atom. The number of carbonyl (C=O) groups is 1. The van der Waals surface area contributed by atoms with Gasteiger partial charge >= 0.3 is 5.97 Å². The summed E-state index contributed by atoms with van der Waals surface area (Å²) in [4.78, 5) is 13.2. The van der Waals surface area contributed by atoms with Crippen LogP contribution in [-0.4, -0.2) is 31.1 Å². The Balaban J connectivity index is 1.28. The number of hydrogen-bond donors (Lipinski definition) is 0. The van der Waals surface area contributed by atoms with E-state index in [-0.39, 0.29) is 29.5 Å². The quantitative estimate of drug-likeness (QED) is 0.594. The molecule has 4 aliphatic carbocycles. The van der Waals surface area contributed by atoms with Crippen LogP contribution in [0.2, 0.25) is 0 Å². The number of rotatable bonds is 2. The molecule has 2 aliphatic heterocycles. The van der Waals surface area contributed by atoms with Gasteiger partial charge in [0.1, 0.15) is 0 Å². The third-order valence-corrected chi connectivity index (χ3v) is 7.58. The van der Waals surface area contributed by atoms with E-state index in [2.05, 4.69) is 36.4 Å². The van der Waals surface area contributed by atoms with Crippen LogP contribution < -0.4 is 0 Å². The molecule has 0 aromatic heterocycles. The summed E-state index contributed by atoms with van der Waals surface area (Å²) in [6, 6.07) is 8.64. The van der Waals surface area contributed by atoms with Gasteiger partial charge in [0.25, 0.3) is 0 Å². The lowest BCUT2D eigenvalue weighted by Gasteiger charge is -2.44. The number of allylic oxidation sites excluding steroid dienone is 2. The second kappa shape index (κ2) is 5.92. The van der Waals surface area contributed by atoms with Crippen molar-refractivity contribution in [3.8, 4) is 0 Å². The molecule has 0 amide bonds. The van der Waals surface area contributed by atoms with Gasteiger partial charge in [0.05, 0.1) is 18.6 Å². The fourth-order valence-electron chi connectivity index (χ4n) is 6.26. The van der Waals surface area contributed by atoms with Crippen LogP contribution in [0.3, 0.4) is 0 Å². The Labute approximate surface area is 159 Å². The summed E-state index contributed by atoms with van der Waals surface area (Å²) >= 11 is 0. The molecule has 1 aromatic carbocycles. The van der Waals surface area contributed by atoms with Crippen LogP contribution in [0.25, 0.3) is 0 Å². The van der Waals surface area contributed by atoms with Gasteiger partial charge in [-0.25, -0.2) is 0 Å². The van der Waals surface area contributed by atoms with Crippen molar-refractivity contribution in [3.63, 3.8) is 0 Å². The highest BCUT2D eigenvalue weighted by atomic mass is 16.7. The molecule has 27 heavy (non-hydrogen) atoms. The maximum atomic E-state index is 13.2. The van der Waals surface area contributed by atoms with Crippen molar-refractivity contribution in [2.45, 2.75) is 57.0 Å². The fraction of sp³-hybridized carbons (Fsp3) is 0.609. The van der Waals surface area contributed by atoms with Gasteiger partial charge in [-0.3, -0.25) is 4.79 Å². The third kappa shape index (κ3) is 2.53. The smallest absolute Gasteiger partial charge is 0.310 e. The first kappa shape index (κ1) is 16.3. The first-order chi connectivity index (χ1) is 13.2. The topological polar surface area (TPSA) is 44.8 Å². The summed E-state index contributed by atoms with van der Waals surface area (Å²) in [5, 5.41) is 0. The van der Waals surface area contributed by atoms with Gasteiger partial charge in [-0.15, -0.1) is 0 Å². The monoisotopic (exact) mass is 366 g/mol. The van der Waals surface area contributed by atoms with Crippen molar-refractivity contribution >= 4 is 5.97 Å². The predicted octanol–water partition coefficient (Wildman–Crippen LogP) is 3.43. The molecule has 3 fully saturated rings. The zero-order valence-electron chi connectivity index (χ0n) is 15.5. The van der Waals surface area contributed by atoms with Crippen LogP contribution in [0.4, 0.5) is 0 Å². The van der Waals surface area contributed by atoms with E-state index in [0.717, 1.165) is 32.1 Å². The van der Waals surface area contributed by atoms with Crippen molar-refractivity contribution < 1.29 is 19.0 Å². The average molecular weight is 366 g/mol. The van der Waals surface area contributed by atoms with Crippen molar-refractivity contribution in [2.75, 3.05) is 6.61 Å². The maximum absolute atomic E-state index is 13.2. The molecule has 6 atom stereocenters. The Hall–Kier alpha value is -1.65. The average Bonchev–Trinajstić information content (AvgIpc) is 3.27. The van der Waals surface area contributed by atoms with Crippen molar-refractivity contribution in [3.05, 3.63) is 47.5 Å². The van der Waals surface area contributed by atoms with Gasteiger partial charge in [0.2, 0.25) is 0 Å². The zero-order chi connectivity index (χ0) is 18.0. The largest absolute Gasteiger partial charge is 0.456 e. The summed E-state index contributed by atoms with van der Waals surface area (Å²) in [5.74, 6) is 0.869. The van der Waals surface area contributed by atoms with Crippen LogP contribution in [-0.2, 0) is 31.8 Å². The van der Waals surface area contributed by atoms with E-state index >= 15 is 0 Å². The molecule has 1 saturated carbocycles. The van der Waals surface area contributed by atoms with Gasteiger partial charge in [-0.1, -0.05) is 36.4 Å². The first-order valence-electron chi connectivity index (χ1n) is 10.4. The molecular formula is C23H26O4. The van der Waals surface area contributed by atoms with Crippen LogP contribution in [0.5, 0.6) is 0 Å². The Bertz CT molecular complexity index is 774. The highest BCUT2D eigenvalue weighted by Crippen LogP contribution is 2.51. The normalized spacial score (nSPS) is 40.3. The second-order valence-corrected chi connectivity index (χ2v) is 9.23. The maximum Gasteiger partial charge on any atom is 0.310 e. The van der Waals surface area contributed by atoms with E-state index in [4.69, 9.17) is 14.2 Å². The molecule has 1 spiro atoms. The number of benzene rings is 1. The van der Waals surface area contributed by atoms with E-state index < -0.39 is 6.29 Å². The molecule has 6 aliphatic rings. The van der Waals surface area contributed by atoms with Crippen LogP contribution in [0.15, 0.2) is 36.4 Å².